The first-order chi connectivity index (χ1) is 28.2. The highest BCUT2D eigenvalue weighted by Crippen LogP contribution is 2.58. The van der Waals surface area contributed by atoms with Crippen LogP contribution in [0.4, 0.5) is 5.69 Å². The molecular weight excluding hydrogens is 689 g/mol. The summed E-state index contributed by atoms with van der Waals surface area (Å²) in [5.74, 6) is 13.8. The zero-order chi connectivity index (χ0) is 38.1. The number of benzene rings is 2. The monoisotopic (exact) mass is 767 g/mol. The molecule has 308 valence electrons. The van der Waals surface area contributed by atoms with Crippen LogP contribution in [0.1, 0.15) is 135 Å². The van der Waals surface area contributed by atoms with Crippen molar-refractivity contribution in [3.05, 3.63) is 78.9 Å². The van der Waals surface area contributed by atoms with E-state index in [0.717, 1.165) is 101 Å². The second kappa shape index (κ2) is 17.7. The molecule has 57 heavy (non-hydrogen) atoms. The van der Waals surface area contributed by atoms with Crippen molar-refractivity contribution in [2.45, 2.75) is 141 Å². The van der Waals surface area contributed by atoms with E-state index in [9.17, 15) is 0 Å². The smallest absolute Gasteiger partial charge is 0.0419 e. The molecule has 1 saturated heterocycles. The second-order valence-electron chi connectivity index (χ2n) is 21.5. The lowest BCUT2D eigenvalue weighted by molar-refractivity contribution is -0.0488. The van der Waals surface area contributed by atoms with Gasteiger partial charge in [-0.25, -0.2) is 0 Å². The normalized spacial score (nSPS) is 41.3. The molecule has 8 aliphatic rings. The van der Waals surface area contributed by atoms with Gasteiger partial charge in [-0.3, -0.25) is 0 Å². The van der Waals surface area contributed by atoms with E-state index < -0.39 is 0 Å². The first kappa shape index (κ1) is 38.9. The molecule has 2 nitrogen and oxygen atoms in total. The molecule has 6 fully saturated rings. The zero-order valence-electron chi connectivity index (χ0n) is 35.8. The molecule has 2 aromatic carbocycles. The number of hydrogen-bond acceptors (Lipinski definition) is 2. The van der Waals surface area contributed by atoms with Crippen molar-refractivity contribution in [3.63, 3.8) is 0 Å². The standard InChI is InChI=1S/C55H78N2/c1-37(43-30-31-51(48-19-7-6-18-47(43)48)52-32-33-53(55-34-35-56-55)50-21-9-8-20-49(50)52)24-25-42(36-57-54-23-11-15-40-13-3-5-17-46(40)54)38-26-28-41(29-27-38)45-22-10-14-39-12-2-4-16-44(39)45/h2-5,9,11-13,15-17,21,23,37-39,41-45,47-53,55-57H,6-8,10,14,18-20,22,24-36H2,1H3/t37?,38?,39?,41?,42?,43?,44?,45-,47?,48?,49?,50?,51?,52?,53?,55-/m0/s1. The van der Waals surface area contributed by atoms with Gasteiger partial charge in [-0.15, -0.1) is 0 Å². The van der Waals surface area contributed by atoms with E-state index in [1.54, 1.807) is 12.8 Å². The third kappa shape index (κ3) is 8.02. The summed E-state index contributed by atoms with van der Waals surface area (Å²) in [6.07, 6.45) is 44.7. The van der Waals surface area contributed by atoms with Crippen LogP contribution in [0.2, 0.25) is 0 Å². The lowest BCUT2D eigenvalue weighted by Crippen LogP contribution is -2.54. The van der Waals surface area contributed by atoms with E-state index in [0.29, 0.717) is 0 Å². The van der Waals surface area contributed by atoms with Crippen LogP contribution >= 0.6 is 0 Å². The van der Waals surface area contributed by atoms with Crippen molar-refractivity contribution in [1.82, 2.24) is 5.32 Å². The summed E-state index contributed by atoms with van der Waals surface area (Å²) < 4.78 is 0. The van der Waals surface area contributed by atoms with Gasteiger partial charge >= 0.3 is 0 Å². The van der Waals surface area contributed by atoms with Crippen LogP contribution < -0.4 is 10.6 Å². The van der Waals surface area contributed by atoms with Crippen LogP contribution in [0, 0.1) is 88.8 Å². The highest BCUT2D eigenvalue weighted by Gasteiger charge is 2.51. The largest absolute Gasteiger partial charge is 0.384 e. The van der Waals surface area contributed by atoms with E-state index in [1.165, 1.54) is 139 Å². The topological polar surface area (TPSA) is 24.1 Å². The Hall–Kier alpha value is -2.32. The maximum absolute atomic E-state index is 4.10. The number of fused-ring (bicyclic) bond motifs is 4. The van der Waals surface area contributed by atoms with Crippen LogP contribution in [0.25, 0.3) is 10.8 Å². The summed E-state index contributed by atoms with van der Waals surface area (Å²) in [6.45, 7) is 5.14. The minimum absolute atomic E-state index is 0.777. The van der Waals surface area contributed by atoms with Gasteiger partial charge in [-0.1, -0.05) is 105 Å². The number of rotatable bonds is 11. The molecule has 12 unspecified atom stereocenters. The molecule has 5 saturated carbocycles. The second-order valence-corrected chi connectivity index (χ2v) is 21.5. The van der Waals surface area contributed by atoms with E-state index in [1.807, 2.05) is 0 Å². The fraction of sp³-hybridized carbons (Fsp3) is 0.709. The molecular formula is C55H78N2. The molecule has 10 rings (SSSR count). The maximum atomic E-state index is 4.10. The van der Waals surface area contributed by atoms with Crippen LogP contribution in [0.3, 0.4) is 0 Å². The van der Waals surface area contributed by atoms with Crippen LogP contribution in [-0.2, 0) is 0 Å². The fourth-order valence-electron chi connectivity index (χ4n) is 16.2. The van der Waals surface area contributed by atoms with Crippen LogP contribution in [-0.4, -0.2) is 19.1 Å². The van der Waals surface area contributed by atoms with Gasteiger partial charge in [-0.2, -0.15) is 0 Å². The summed E-state index contributed by atoms with van der Waals surface area (Å²) >= 11 is 0. The number of hydrogen-bond donors (Lipinski definition) is 2. The Labute approximate surface area is 348 Å². The predicted octanol–water partition coefficient (Wildman–Crippen LogP) is 14.1. The summed E-state index contributed by atoms with van der Waals surface area (Å²) in [6, 6.07) is 16.7. The van der Waals surface area contributed by atoms with E-state index in [2.05, 4.69) is 96.5 Å². The molecule has 1 aliphatic heterocycles. The van der Waals surface area contributed by atoms with Crippen molar-refractivity contribution in [2.24, 2.45) is 88.8 Å². The number of allylic oxidation sites excluding steroid dienone is 6. The van der Waals surface area contributed by atoms with Crippen molar-refractivity contribution >= 4 is 16.5 Å². The first-order valence-electron chi connectivity index (χ1n) is 25.2. The Morgan fingerprint density at radius 3 is 2.25 bits per heavy atom. The minimum Gasteiger partial charge on any atom is -0.384 e. The van der Waals surface area contributed by atoms with Gasteiger partial charge in [0.1, 0.15) is 0 Å². The van der Waals surface area contributed by atoms with Gasteiger partial charge < -0.3 is 10.6 Å². The minimum atomic E-state index is 0.777. The van der Waals surface area contributed by atoms with Crippen molar-refractivity contribution in [1.29, 1.82) is 0 Å². The van der Waals surface area contributed by atoms with Gasteiger partial charge in [0.05, 0.1) is 0 Å². The molecule has 0 amide bonds. The highest BCUT2D eigenvalue weighted by atomic mass is 15.0. The third-order valence-electron chi connectivity index (χ3n) is 19.2. The van der Waals surface area contributed by atoms with Gasteiger partial charge in [0.25, 0.3) is 0 Å². The quantitative estimate of drug-likeness (QED) is 0.223. The van der Waals surface area contributed by atoms with Crippen LogP contribution in [0.15, 0.2) is 78.9 Å². The lowest BCUT2D eigenvalue weighted by Gasteiger charge is -2.56. The maximum Gasteiger partial charge on any atom is 0.0419 e. The van der Waals surface area contributed by atoms with E-state index in [-0.39, 0.29) is 0 Å². The Kier molecular flexibility index (Phi) is 12.1. The SMILES string of the molecule is CC(CCC(CNc1cccc2ccccc12)C1CCC([C@@H]2CCCC3C=CC=CC32)CC1)C1CCC(C2CCC([C@@H]3CCN3)C3C=CCCC32)C2CCCCC12. The summed E-state index contributed by atoms with van der Waals surface area (Å²) in [5.41, 5.74) is 1.35. The van der Waals surface area contributed by atoms with Gasteiger partial charge in [0, 0.05) is 23.7 Å². The summed E-state index contributed by atoms with van der Waals surface area (Å²) in [4.78, 5) is 0. The first-order valence-corrected chi connectivity index (χ1v) is 25.2. The van der Waals surface area contributed by atoms with E-state index >= 15 is 0 Å². The van der Waals surface area contributed by atoms with Crippen molar-refractivity contribution < 1.29 is 0 Å². The Bertz CT molecular complexity index is 1700. The fourth-order valence-corrected chi connectivity index (χ4v) is 16.2. The molecule has 7 aliphatic carbocycles. The highest BCUT2D eigenvalue weighted by molar-refractivity contribution is 5.93. The molecule has 2 aromatic rings. The number of nitrogens with one attached hydrogen (secondary N) is 2. The zero-order valence-corrected chi connectivity index (χ0v) is 35.8. The van der Waals surface area contributed by atoms with E-state index in [4.69, 9.17) is 0 Å². The molecule has 1 heterocycles. The molecule has 2 N–H and O–H groups in total. The van der Waals surface area contributed by atoms with Gasteiger partial charge in [0.15, 0.2) is 0 Å². The molecule has 0 radical (unpaired) electrons. The van der Waals surface area contributed by atoms with Gasteiger partial charge in [-0.05, 0) is 209 Å². The Morgan fingerprint density at radius 1 is 0.614 bits per heavy atom. The average molecular weight is 767 g/mol. The third-order valence-corrected chi connectivity index (χ3v) is 19.2. The van der Waals surface area contributed by atoms with Crippen LogP contribution in [0.5, 0.6) is 0 Å². The van der Waals surface area contributed by atoms with Crippen molar-refractivity contribution in [2.75, 3.05) is 18.4 Å². The predicted molar refractivity (Wildman–Crippen MR) is 242 cm³/mol. The van der Waals surface area contributed by atoms with Gasteiger partial charge in [0.2, 0.25) is 0 Å². The number of anilines is 1. The molecule has 0 spiro atoms. The van der Waals surface area contributed by atoms with Crippen molar-refractivity contribution in [3.8, 4) is 0 Å². The molecule has 2 heteroatoms. The average Bonchev–Trinajstić information content (AvgIpc) is 3.25. The summed E-state index contributed by atoms with van der Waals surface area (Å²) in [7, 11) is 0. The molecule has 14 atom stereocenters. The molecule has 0 bridgehead atoms. The Balaban J connectivity index is 0.813. The Morgan fingerprint density at radius 2 is 1.37 bits per heavy atom. The summed E-state index contributed by atoms with van der Waals surface area (Å²) in [5, 5.41) is 10.7. The lowest BCUT2D eigenvalue weighted by atomic mass is 9.50. The molecule has 0 aromatic heterocycles.